The second kappa shape index (κ2) is 6.03. The molecule has 0 radical (unpaired) electrons. The molecule has 1 aliphatic rings. The maximum Gasteiger partial charge on any atom is 0.263 e. The summed E-state index contributed by atoms with van der Waals surface area (Å²) in [4.78, 5) is 15.1. The highest BCUT2D eigenvalue weighted by Gasteiger charge is 2.34. The van der Waals surface area contributed by atoms with Crippen LogP contribution in [0.15, 0.2) is 30.3 Å². The van der Waals surface area contributed by atoms with Crippen LogP contribution in [0.25, 0.3) is 22.2 Å². The van der Waals surface area contributed by atoms with Crippen molar-refractivity contribution in [2.75, 3.05) is 20.6 Å². The molecule has 1 aliphatic heterocycles. The van der Waals surface area contributed by atoms with Gasteiger partial charge in [0.25, 0.3) is 5.91 Å². The Bertz CT molecular complexity index is 1040. The number of hydrogen-bond acceptors (Lipinski definition) is 2. The van der Waals surface area contributed by atoms with E-state index >= 15 is 0 Å². The van der Waals surface area contributed by atoms with E-state index in [9.17, 15) is 4.79 Å². The standard InChI is InChI=1S/C19H15Cl3N2O/c1-23(2)8-7-12-15-16(22)13(20)9-14(21)18(15)24-17(12)10-5-3-4-6-11(10)19(24)25/h3-6,9H,7-8H2,1-2H3. The second-order valence-electron chi connectivity index (χ2n) is 6.44. The van der Waals surface area contributed by atoms with Crippen LogP contribution in [-0.4, -0.2) is 36.0 Å². The lowest BCUT2D eigenvalue weighted by atomic mass is 10.00. The Hall–Kier alpha value is -1.52. The Balaban J connectivity index is 2.13. The van der Waals surface area contributed by atoms with Crippen molar-refractivity contribution in [2.45, 2.75) is 6.42 Å². The van der Waals surface area contributed by atoms with Gasteiger partial charge in [0, 0.05) is 23.1 Å². The minimum Gasteiger partial charge on any atom is -0.309 e. The van der Waals surface area contributed by atoms with Crippen LogP contribution >= 0.6 is 34.8 Å². The Morgan fingerprint density at radius 1 is 1.04 bits per heavy atom. The van der Waals surface area contributed by atoms with Gasteiger partial charge in [-0.2, -0.15) is 0 Å². The smallest absolute Gasteiger partial charge is 0.263 e. The topological polar surface area (TPSA) is 25.2 Å². The van der Waals surface area contributed by atoms with Crippen LogP contribution < -0.4 is 0 Å². The van der Waals surface area contributed by atoms with Gasteiger partial charge in [-0.25, -0.2) is 0 Å². The lowest BCUT2D eigenvalue weighted by Crippen LogP contribution is -2.15. The molecule has 0 spiro atoms. The summed E-state index contributed by atoms with van der Waals surface area (Å²) in [6, 6.07) is 9.22. The Labute approximate surface area is 160 Å². The van der Waals surface area contributed by atoms with E-state index < -0.39 is 0 Å². The molecular formula is C19H15Cl3N2O. The number of benzene rings is 2. The molecule has 0 amide bonds. The van der Waals surface area contributed by atoms with E-state index in [-0.39, 0.29) is 5.91 Å². The number of likely N-dealkylation sites (N-methyl/N-ethyl adjacent to an activating group) is 1. The highest BCUT2D eigenvalue weighted by atomic mass is 35.5. The molecule has 0 unspecified atom stereocenters. The SMILES string of the molecule is CN(C)CCc1c2n(c3c(Cl)cc(Cl)c(Cl)c13)C(=O)c1ccccc1-2. The molecule has 4 rings (SSSR count). The van der Waals surface area contributed by atoms with Crippen molar-refractivity contribution in [1.82, 2.24) is 9.47 Å². The monoisotopic (exact) mass is 392 g/mol. The quantitative estimate of drug-likeness (QED) is 0.437. The van der Waals surface area contributed by atoms with Crippen molar-refractivity contribution in [3.05, 3.63) is 56.5 Å². The molecule has 0 N–H and O–H groups in total. The van der Waals surface area contributed by atoms with Gasteiger partial charge < -0.3 is 4.90 Å². The minimum atomic E-state index is -0.0769. The molecule has 25 heavy (non-hydrogen) atoms. The molecule has 3 nitrogen and oxygen atoms in total. The van der Waals surface area contributed by atoms with E-state index in [0.29, 0.717) is 26.1 Å². The van der Waals surface area contributed by atoms with E-state index in [1.54, 1.807) is 10.6 Å². The third-order valence-corrected chi connectivity index (χ3v) is 5.68. The van der Waals surface area contributed by atoms with Gasteiger partial charge in [0.15, 0.2) is 0 Å². The zero-order valence-electron chi connectivity index (χ0n) is 13.7. The van der Waals surface area contributed by atoms with Crippen LogP contribution in [0.3, 0.4) is 0 Å². The molecule has 0 saturated heterocycles. The first-order valence-electron chi connectivity index (χ1n) is 7.91. The lowest BCUT2D eigenvalue weighted by molar-refractivity contribution is 0.0973. The molecule has 2 heterocycles. The van der Waals surface area contributed by atoms with E-state index in [0.717, 1.165) is 35.2 Å². The number of halogens is 3. The number of rotatable bonds is 3. The average Bonchev–Trinajstić information content (AvgIpc) is 3.06. The van der Waals surface area contributed by atoms with Crippen LogP contribution in [0.5, 0.6) is 0 Å². The zero-order valence-corrected chi connectivity index (χ0v) is 16.0. The number of fused-ring (bicyclic) bond motifs is 5. The van der Waals surface area contributed by atoms with Gasteiger partial charge in [-0.3, -0.25) is 9.36 Å². The zero-order chi connectivity index (χ0) is 17.9. The lowest BCUT2D eigenvalue weighted by Gasteiger charge is -2.11. The summed E-state index contributed by atoms with van der Waals surface area (Å²) < 4.78 is 1.69. The number of hydrogen-bond donors (Lipinski definition) is 0. The molecule has 0 saturated carbocycles. The van der Waals surface area contributed by atoms with Gasteiger partial charge in [-0.1, -0.05) is 53.0 Å². The van der Waals surface area contributed by atoms with Crippen LogP contribution in [0.1, 0.15) is 15.9 Å². The third kappa shape index (κ3) is 2.42. The Morgan fingerprint density at radius 3 is 2.40 bits per heavy atom. The van der Waals surface area contributed by atoms with Gasteiger partial charge in [-0.05, 0) is 38.2 Å². The summed E-state index contributed by atoms with van der Waals surface area (Å²) in [5.74, 6) is -0.0769. The second-order valence-corrected chi connectivity index (χ2v) is 7.64. The van der Waals surface area contributed by atoms with Crippen molar-refractivity contribution in [3.8, 4) is 11.3 Å². The summed E-state index contributed by atoms with van der Waals surface area (Å²) in [5, 5.41) is 2.05. The number of carbonyl (C=O) groups excluding carboxylic acids is 1. The van der Waals surface area contributed by atoms with Crippen molar-refractivity contribution in [3.63, 3.8) is 0 Å². The van der Waals surface area contributed by atoms with E-state index in [1.165, 1.54) is 0 Å². The molecular weight excluding hydrogens is 379 g/mol. The van der Waals surface area contributed by atoms with E-state index in [1.807, 2.05) is 38.4 Å². The number of nitrogens with zero attached hydrogens (tertiary/aromatic N) is 2. The van der Waals surface area contributed by atoms with Crippen LogP contribution in [0.2, 0.25) is 15.1 Å². The number of carbonyl (C=O) groups is 1. The van der Waals surface area contributed by atoms with E-state index in [2.05, 4.69) is 4.90 Å². The Morgan fingerprint density at radius 2 is 1.72 bits per heavy atom. The number of aromatic nitrogens is 1. The van der Waals surface area contributed by atoms with Gasteiger partial charge >= 0.3 is 0 Å². The molecule has 0 bridgehead atoms. The van der Waals surface area contributed by atoms with Crippen LogP contribution in [-0.2, 0) is 6.42 Å². The maximum atomic E-state index is 13.0. The first-order valence-corrected chi connectivity index (χ1v) is 9.04. The fourth-order valence-corrected chi connectivity index (χ4v) is 4.31. The first-order chi connectivity index (χ1) is 11.9. The minimum absolute atomic E-state index is 0.0769. The first kappa shape index (κ1) is 16.9. The summed E-state index contributed by atoms with van der Waals surface area (Å²) in [5.41, 5.74) is 4.13. The Kier molecular flexibility index (Phi) is 4.08. The molecule has 6 heteroatoms. The van der Waals surface area contributed by atoms with Gasteiger partial charge in [0.2, 0.25) is 0 Å². The van der Waals surface area contributed by atoms with Gasteiger partial charge in [-0.15, -0.1) is 0 Å². The molecule has 2 aromatic carbocycles. The molecule has 0 fully saturated rings. The molecule has 3 aromatic rings. The summed E-state index contributed by atoms with van der Waals surface area (Å²) in [6.07, 6.45) is 0.740. The van der Waals surface area contributed by atoms with Crippen molar-refractivity contribution >= 4 is 51.6 Å². The van der Waals surface area contributed by atoms with Crippen LogP contribution in [0.4, 0.5) is 0 Å². The largest absolute Gasteiger partial charge is 0.309 e. The highest BCUT2D eigenvalue weighted by Crippen LogP contribution is 2.47. The summed E-state index contributed by atoms with van der Waals surface area (Å²) >= 11 is 19.3. The van der Waals surface area contributed by atoms with Crippen LogP contribution in [0, 0.1) is 0 Å². The van der Waals surface area contributed by atoms with Gasteiger partial charge in [0.1, 0.15) is 0 Å². The fourth-order valence-electron chi connectivity index (χ4n) is 3.51. The average molecular weight is 394 g/mol. The predicted octanol–water partition coefficient (Wildman–Crippen LogP) is 5.37. The normalized spacial score (nSPS) is 13.0. The fraction of sp³-hybridized carbons (Fsp3) is 0.211. The summed E-state index contributed by atoms with van der Waals surface area (Å²) in [6.45, 7) is 0.822. The molecule has 1 aromatic heterocycles. The molecule has 0 atom stereocenters. The van der Waals surface area contributed by atoms with Crippen molar-refractivity contribution in [1.29, 1.82) is 0 Å². The highest BCUT2D eigenvalue weighted by molar-refractivity contribution is 6.48. The van der Waals surface area contributed by atoms with E-state index in [4.69, 9.17) is 34.8 Å². The maximum absolute atomic E-state index is 13.0. The third-order valence-electron chi connectivity index (χ3n) is 4.61. The molecule has 0 aliphatic carbocycles. The summed E-state index contributed by atoms with van der Waals surface area (Å²) in [7, 11) is 4.03. The predicted molar refractivity (Wildman–Crippen MR) is 104 cm³/mol. The van der Waals surface area contributed by atoms with Gasteiger partial charge in [0.05, 0.1) is 26.3 Å². The van der Waals surface area contributed by atoms with Crippen molar-refractivity contribution < 1.29 is 4.79 Å². The molecule has 128 valence electrons. The van der Waals surface area contributed by atoms with Crippen molar-refractivity contribution in [2.24, 2.45) is 0 Å².